The van der Waals surface area contributed by atoms with Crippen molar-refractivity contribution in [1.29, 1.82) is 0 Å². The lowest BCUT2D eigenvalue weighted by atomic mass is 10.1. The summed E-state index contributed by atoms with van der Waals surface area (Å²) in [5, 5.41) is 11.8. The minimum absolute atomic E-state index is 0.00534. The molecule has 0 saturated carbocycles. The second-order valence-corrected chi connectivity index (χ2v) is 4.68. The van der Waals surface area contributed by atoms with E-state index in [0.717, 1.165) is 12.8 Å². The number of aliphatic hydroxyl groups is 1. The van der Waals surface area contributed by atoms with Crippen LogP contribution in [0.5, 0.6) is 0 Å². The quantitative estimate of drug-likeness (QED) is 0.791. The second-order valence-electron chi connectivity index (χ2n) is 4.68. The molecular weight excluding hydrogens is 240 g/mol. The topological polar surface area (TPSA) is 52.6 Å². The molecule has 0 aliphatic rings. The number of nitrogens with zero attached hydrogens (tertiary/aromatic N) is 1. The van der Waals surface area contributed by atoms with Gasteiger partial charge in [-0.3, -0.25) is 0 Å². The van der Waals surface area contributed by atoms with Gasteiger partial charge in [0, 0.05) is 19.6 Å². The highest BCUT2D eigenvalue weighted by atomic mass is 16.3. The highest BCUT2D eigenvalue weighted by Crippen LogP contribution is 2.03. The lowest BCUT2D eigenvalue weighted by molar-refractivity contribution is 0.177. The van der Waals surface area contributed by atoms with E-state index >= 15 is 0 Å². The van der Waals surface area contributed by atoms with Gasteiger partial charge in [0.2, 0.25) is 0 Å². The number of nitrogens with one attached hydrogen (secondary N) is 1. The number of urea groups is 1. The summed E-state index contributed by atoms with van der Waals surface area (Å²) in [5.41, 5.74) is 2.46. The fraction of sp³-hybridized carbons (Fsp3) is 0.533. The fourth-order valence-corrected chi connectivity index (χ4v) is 1.89. The third-order valence-electron chi connectivity index (χ3n) is 2.96. The molecule has 0 saturated heterocycles. The molecule has 0 aliphatic heterocycles. The summed E-state index contributed by atoms with van der Waals surface area (Å²) in [7, 11) is 0. The van der Waals surface area contributed by atoms with Crippen LogP contribution in [0.4, 0.5) is 4.79 Å². The zero-order valence-corrected chi connectivity index (χ0v) is 11.9. The third kappa shape index (κ3) is 5.75. The van der Waals surface area contributed by atoms with Gasteiger partial charge in [-0.1, -0.05) is 36.8 Å². The highest BCUT2D eigenvalue weighted by molar-refractivity contribution is 5.74. The Hall–Kier alpha value is -1.55. The Bertz CT molecular complexity index is 370. The van der Waals surface area contributed by atoms with Gasteiger partial charge in [-0.2, -0.15) is 0 Å². The largest absolute Gasteiger partial charge is 0.395 e. The van der Waals surface area contributed by atoms with Crippen molar-refractivity contribution in [3.63, 3.8) is 0 Å². The molecule has 2 N–H and O–H groups in total. The molecule has 0 atom stereocenters. The van der Waals surface area contributed by atoms with Gasteiger partial charge in [-0.25, -0.2) is 4.79 Å². The molecule has 4 heteroatoms. The molecule has 0 radical (unpaired) electrons. The normalized spacial score (nSPS) is 10.3. The Labute approximate surface area is 115 Å². The molecule has 0 aromatic heterocycles. The van der Waals surface area contributed by atoms with Crippen LogP contribution in [0.2, 0.25) is 0 Å². The molecule has 0 fully saturated rings. The van der Waals surface area contributed by atoms with Crippen LogP contribution in [0.3, 0.4) is 0 Å². The van der Waals surface area contributed by atoms with E-state index in [1.165, 1.54) is 11.1 Å². The van der Waals surface area contributed by atoms with Gasteiger partial charge < -0.3 is 15.3 Å². The van der Waals surface area contributed by atoms with E-state index in [9.17, 15) is 4.79 Å². The molecule has 1 aromatic carbocycles. The predicted molar refractivity (Wildman–Crippen MR) is 77.2 cm³/mol. The molecule has 0 spiro atoms. The Morgan fingerprint density at radius 2 is 1.95 bits per heavy atom. The Balaban J connectivity index is 2.34. The molecule has 106 valence electrons. The minimum atomic E-state index is -0.0944. The van der Waals surface area contributed by atoms with Crippen molar-refractivity contribution in [2.24, 2.45) is 0 Å². The average molecular weight is 264 g/mol. The molecule has 19 heavy (non-hydrogen) atoms. The van der Waals surface area contributed by atoms with E-state index in [2.05, 4.69) is 36.5 Å². The van der Waals surface area contributed by atoms with E-state index in [0.29, 0.717) is 19.6 Å². The second kappa shape index (κ2) is 8.53. The fourth-order valence-electron chi connectivity index (χ4n) is 1.89. The first kappa shape index (κ1) is 15.5. The summed E-state index contributed by atoms with van der Waals surface area (Å²) in [6.45, 7) is 5.77. The van der Waals surface area contributed by atoms with Gasteiger partial charge >= 0.3 is 6.03 Å². The van der Waals surface area contributed by atoms with E-state index < -0.39 is 0 Å². The predicted octanol–water partition coefficient (Wildman–Crippen LogP) is 1.95. The van der Waals surface area contributed by atoms with Crippen molar-refractivity contribution in [2.45, 2.75) is 26.7 Å². The van der Waals surface area contributed by atoms with Gasteiger partial charge in [0.1, 0.15) is 0 Å². The van der Waals surface area contributed by atoms with Crippen LogP contribution in [0.1, 0.15) is 24.5 Å². The van der Waals surface area contributed by atoms with E-state index in [-0.39, 0.29) is 12.6 Å². The maximum atomic E-state index is 11.9. The smallest absolute Gasteiger partial charge is 0.317 e. The molecule has 1 aromatic rings. The van der Waals surface area contributed by atoms with Crippen molar-refractivity contribution in [3.05, 3.63) is 35.4 Å². The number of hydrogen-bond acceptors (Lipinski definition) is 2. The molecule has 0 bridgehead atoms. The summed E-state index contributed by atoms with van der Waals surface area (Å²) >= 11 is 0. The number of hydrogen-bond donors (Lipinski definition) is 2. The first-order valence-corrected chi connectivity index (χ1v) is 6.86. The van der Waals surface area contributed by atoms with Crippen LogP contribution in [0, 0.1) is 6.92 Å². The Kier molecular flexibility index (Phi) is 6.97. The molecule has 0 aliphatic carbocycles. The van der Waals surface area contributed by atoms with Crippen LogP contribution >= 0.6 is 0 Å². The van der Waals surface area contributed by atoms with E-state index in [1.807, 2.05) is 6.92 Å². The van der Waals surface area contributed by atoms with Gasteiger partial charge in [-0.05, 0) is 25.3 Å². The summed E-state index contributed by atoms with van der Waals surface area (Å²) < 4.78 is 0. The average Bonchev–Trinajstić information content (AvgIpc) is 2.40. The van der Waals surface area contributed by atoms with Crippen molar-refractivity contribution < 1.29 is 9.90 Å². The summed E-state index contributed by atoms with van der Waals surface area (Å²) in [6, 6.07) is 8.22. The first-order chi connectivity index (χ1) is 9.17. The SMILES string of the molecule is CCCN(CCO)C(=O)NCCc1ccc(C)cc1. The number of amides is 2. The number of benzene rings is 1. The zero-order chi connectivity index (χ0) is 14.1. The van der Waals surface area contributed by atoms with Gasteiger partial charge in [-0.15, -0.1) is 0 Å². The third-order valence-corrected chi connectivity index (χ3v) is 2.96. The highest BCUT2D eigenvalue weighted by Gasteiger charge is 2.10. The maximum absolute atomic E-state index is 11.9. The van der Waals surface area contributed by atoms with E-state index in [1.54, 1.807) is 4.90 Å². The van der Waals surface area contributed by atoms with Gasteiger partial charge in [0.05, 0.1) is 6.61 Å². The van der Waals surface area contributed by atoms with Crippen molar-refractivity contribution in [1.82, 2.24) is 10.2 Å². The zero-order valence-electron chi connectivity index (χ0n) is 11.9. The lowest BCUT2D eigenvalue weighted by Crippen LogP contribution is -2.42. The van der Waals surface area contributed by atoms with Crippen LogP contribution in [-0.4, -0.2) is 42.3 Å². The molecule has 1 rings (SSSR count). The van der Waals surface area contributed by atoms with Crippen LogP contribution in [0.25, 0.3) is 0 Å². The van der Waals surface area contributed by atoms with Crippen molar-refractivity contribution >= 4 is 6.03 Å². The molecular formula is C15H24N2O2. The van der Waals surface area contributed by atoms with Crippen LogP contribution in [0.15, 0.2) is 24.3 Å². The van der Waals surface area contributed by atoms with Crippen LogP contribution in [-0.2, 0) is 6.42 Å². The minimum Gasteiger partial charge on any atom is -0.395 e. The molecule has 0 unspecified atom stereocenters. The molecule has 2 amide bonds. The van der Waals surface area contributed by atoms with E-state index in [4.69, 9.17) is 5.11 Å². The first-order valence-electron chi connectivity index (χ1n) is 6.86. The number of aryl methyl sites for hydroxylation is 1. The van der Waals surface area contributed by atoms with Crippen molar-refractivity contribution in [2.75, 3.05) is 26.2 Å². The summed E-state index contributed by atoms with van der Waals surface area (Å²) in [6.07, 6.45) is 1.72. The Morgan fingerprint density at radius 3 is 2.53 bits per heavy atom. The Morgan fingerprint density at radius 1 is 1.26 bits per heavy atom. The molecule has 0 heterocycles. The maximum Gasteiger partial charge on any atom is 0.317 e. The number of rotatable bonds is 7. The van der Waals surface area contributed by atoms with Gasteiger partial charge in [0.25, 0.3) is 0 Å². The summed E-state index contributed by atoms with van der Waals surface area (Å²) in [5.74, 6) is 0. The number of carbonyl (C=O) groups is 1. The van der Waals surface area contributed by atoms with Gasteiger partial charge in [0.15, 0.2) is 0 Å². The van der Waals surface area contributed by atoms with Crippen LogP contribution < -0.4 is 5.32 Å². The van der Waals surface area contributed by atoms with Crippen molar-refractivity contribution in [3.8, 4) is 0 Å². The summed E-state index contributed by atoms with van der Waals surface area (Å²) in [4.78, 5) is 13.5. The number of carbonyl (C=O) groups excluding carboxylic acids is 1. The molecule has 4 nitrogen and oxygen atoms in total. The number of aliphatic hydroxyl groups excluding tert-OH is 1. The monoisotopic (exact) mass is 264 g/mol. The standard InChI is InChI=1S/C15H24N2O2/c1-3-10-17(11-12-18)15(19)16-9-8-14-6-4-13(2)5-7-14/h4-7,18H,3,8-12H2,1-2H3,(H,16,19). The lowest BCUT2D eigenvalue weighted by Gasteiger charge is -2.21.